The van der Waals surface area contributed by atoms with E-state index in [2.05, 4.69) is 5.32 Å². The number of hydrogen-bond acceptors (Lipinski definition) is 4. The first-order chi connectivity index (χ1) is 13.2. The molecule has 0 aliphatic heterocycles. The Morgan fingerprint density at radius 1 is 1.14 bits per heavy atom. The van der Waals surface area contributed by atoms with Crippen LogP contribution in [0.1, 0.15) is 13.8 Å². The number of likely N-dealkylation sites (N-methyl/N-ethyl adjacent to an activating group) is 1. The lowest BCUT2D eigenvalue weighted by molar-refractivity contribution is -0.116. The number of hydrogen-bond donors (Lipinski definition) is 1. The van der Waals surface area contributed by atoms with Gasteiger partial charge in [0.2, 0.25) is 15.9 Å². The van der Waals surface area contributed by atoms with Gasteiger partial charge < -0.3 is 10.1 Å². The van der Waals surface area contributed by atoms with Crippen molar-refractivity contribution >= 4 is 33.2 Å². The van der Waals surface area contributed by atoms with E-state index in [1.54, 1.807) is 13.8 Å². The average Bonchev–Trinajstić information content (AvgIpc) is 2.64. The zero-order chi connectivity index (χ0) is 20.9. The van der Waals surface area contributed by atoms with Crippen molar-refractivity contribution in [1.29, 1.82) is 0 Å². The highest BCUT2D eigenvalue weighted by Crippen LogP contribution is 2.28. The van der Waals surface area contributed by atoms with Gasteiger partial charge >= 0.3 is 0 Å². The summed E-state index contributed by atoms with van der Waals surface area (Å²) in [5, 5.41) is 2.47. The monoisotopic (exact) mass is 432 g/mol. The average molecular weight is 433 g/mol. The maximum Gasteiger partial charge on any atom is 0.243 e. The minimum absolute atomic E-state index is 0.0123. The molecule has 10 heteroatoms. The summed E-state index contributed by atoms with van der Waals surface area (Å²) >= 11 is 6.05. The second kappa shape index (κ2) is 9.31. The molecule has 0 unspecified atom stereocenters. The topological polar surface area (TPSA) is 75.7 Å². The maximum atomic E-state index is 13.2. The van der Waals surface area contributed by atoms with Gasteiger partial charge in [0.05, 0.1) is 23.1 Å². The Balaban J connectivity index is 2.17. The van der Waals surface area contributed by atoms with Gasteiger partial charge in [0.25, 0.3) is 0 Å². The molecule has 0 aliphatic rings. The summed E-state index contributed by atoms with van der Waals surface area (Å²) in [5.74, 6) is -2.53. The van der Waals surface area contributed by atoms with E-state index in [1.165, 1.54) is 24.3 Å². The van der Waals surface area contributed by atoms with Crippen molar-refractivity contribution in [3.63, 3.8) is 0 Å². The van der Waals surface area contributed by atoms with E-state index >= 15 is 0 Å². The molecule has 6 nitrogen and oxygen atoms in total. The van der Waals surface area contributed by atoms with Crippen molar-refractivity contribution in [2.45, 2.75) is 18.7 Å². The van der Waals surface area contributed by atoms with E-state index in [1.807, 2.05) is 0 Å². The van der Waals surface area contributed by atoms with Gasteiger partial charge in [0, 0.05) is 18.3 Å². The van der Waals surface area contributed by atoms with Crippen LogP contribution in [0.2, 0.25) is 5.02 Å². The van der Waals surface area contributed by atoms with E-state index in [4.69, 9.17) is 16.3 Å². The Bertz CT molecular complexity index is 970. The highest BCUT2D eigenvalue weighted by Gasteiger charge is 2.26. The van der Waals surface area contributed by atoms with E-state index in [0.717, 1.165) is 16.4 Å². The molecule has 0 bridgehead atoms. The normalized spacial score (nSPS) is 11.5. The molecule has 1 amide bonds. The predicted octanol–water partition coefficient (Wildman–Crippen LogP) is 3.67. The Morgan fingerprint density at radius 3 is 2.43 bits per heavy atom. The molecule has 2 aromatic carbocycles. The van der Waals surface area contributed by atoms with Crippen LogP contribution < -0.4 is 10.1 Å². The van der Waals surface area contributed by atoms with Gasteiger partial charge in [0.15, 0.2) is 11.6 Å². The molecule has 0 fully saturated rings. The first-order valence-electron chi connectivity index (χ1n) is 8.36. The standard InChI is InChI=1S/C18H19ClF2N2O4S/c1-3-23(11-18(24)22-12-5-7-15(20)16(21)9-12)28(25,26)13-6-8-17(27-4-2)14(19)10-13/h5-10H,3-4,11H2,1-2H3,(H,22,24). The van der Waals surface area contributed by atoms with Gasteiger partial charge in [-0.15, -0.1) is 0 Å². The molecule has 152 valence electrons. The number of carbonyl (C=O) groups excluding carboxylic acids is 1. The quantitative estimate of drug-likeness (QED) is 0.690. The highest BCUT2D eigenvalue weighted by molar-refractivity contribution is 7.89. The molecule has 0 heterocycles. The van der Waals surface area contributed by atoms with Crippen molar-refractivity contribution < 1.29 is 26.7 Å². The molecule has 0 atom stereocenters. The lowest BCUT2D eigenvalue weighted by Crippen LogP contribution is -2.37. The number of nitrogens with zero attached hydrogens (tertiary/aromatic N) is 1. The molecule has 0 saturated carbocycles. The van der Waals surface area contributed by atoms with E-state index < -0.39 is 34.1 Å². The molecular formula is C18H19ClF2N2O4S. The zero-order valence-corrected chi connectivity index (χ0v) is 16.8. The fourth-order valence-corrected chi connectivity index (χ4v) is 4.10. The second-order valence-electron chi connectivity index (χ2n) is 5.63. The number of ether oxygens (including phenoxy) is 1. The van der Waals surface area contributed by atoms with E-state index in [9.17, 15) is 22.0 Å². The molecule has 1 N–H and O–H groups in total. The van der Waals surface area contributed by atoms with Gasteiger partial charge in [-0.05, 0) is 37.3 Å². The SMILES string of the molecule is CCOc1ccc(S(=O)(=O)N(CC)CC(=O)Nc2ccc(F)c(F)c2)cc1Cl. The number of nitrogens with one attached hydrogen (secondary N) is 1. The van der Waals surface area contributed by atoms with Crippen molar-refractivity contribution in [3.8, 4) is 5.75 Å². The van der Waals surface area contributed by atoms with Gasteiger partial charge in [-0.2, -0.15) is 4.31 Å². The molecule has 2 aromatic rings. The van der Waals surface area contributed by atoms with E-state index in [-0.39, 0.29) is 22.2 Å². The van der Waals surface area contributed by atoms with Crippen LogP contribution in [0.3, 0.4) is 0 Å². The Labute approximate surface area is 167 Å². The summed E-state index contributed by atoms with van der Waals surface area (Å²) in [5.41, 5.74) is 0.0152. The van der Waals surface area contributed by atoms with Crippen LogP contribution >= 0.6 is 11.6 Å². The Hall–Kier alpha value is -2.23. The summed E-state index contributed by atoms with van der Waals surface area (Å²) in [4.78, 5) is 12.1. The highest BCUT2D eigenvalue weighted by atomic mass is 35.5. The number of sulfonamides is 1. The van der Waals surface area contributed by atoms with Crippen LogP contribution in [-0.2, 0) is 14.8 Å². The van der Waals surface area contributed by atoms with E-state index in [0.29, 0.717) is 12.4 Å². The summed E-state index contributed by atoms with van der Waals surface area (Å²) in [6, 6.07) is 6.87. The second-order valence-corrected chi connectivity index (χ2v) is 7.98. The molecule has 28 heavy (non-hydrogen) atoms. The van der Waals surface area contributed by atoms with Crippen molar-refractivity contribution in [1.82, 2.24) is 4.31 Å². The first-order valence-corrected chi connectivity index (χ1v) is 10.2. The van der Waals surface area contributed by atoms with Crippen LogP contribution in [0.5, 0.6) is 5.75 Å². The lowest BCUT2D eigenvalue weighted by Gasteiger charge is -2.20. The third kappa shape index (κ3) is 5.18. The van der Waals surface area contributed by atoms with Crippen molar-refractivity contribution in [2.24, 2.45) is 0 Å². The predicted molar refractivity (Wildman–Crippen MR) is 102 cm³/mol. The zero-order valence-electron chi connectivity index (χ0n) is 15.2. The van der Waals surface area contributed by atoms with Crippen molar-refractivity contribution in [3.05, 3.63) is 53.1 Å². The van der Waals surface area contributed by atoms with Gasteiger partial charge in [-0.3, -0.25) is 4.79 Å². The summed E-state index contributed by atoms with van der Waals surface area (Å²) < 4.78 is 58.0. The van der Waals surface area contributed by atoms with Gasteiger partial charge in [0.1, 0.15) is 5.75 Å². The van der Waals surface area contributed by atoms with Gasteiger partial charge in [-0.25, -0.2) is 17.2 Å². The minimum atomic E-state index is -4.01. The summed E-state index contributed by atoms with van der Waals surface area (Å²) in [6.45, 7) is 3.21. The number of carbonyl (C=O) groups is 1. The molecule has 0 aliphatic carbocycles. The maximum absolute atomic E-state index is 13.2. The third-order valence-corrected chi connectivity index (χ3v) is 5.93. The Morgan fingerprint density at radius 2 is 1.86 bits per heavy atom. The fraction of sp³-hybridized carbons (Fsp3) is 0.278. The number of halogens is 3. The fourth-order valence-electron chi connectivity index (χ4n) is 2.36. The molecule has 0 spiro atoms. The summed E-state index contributed by atoms with van der Waals surface area (Å²) in [6.07, 6.45) is 0. The molecule has 0 saturated heterocycles. The minimum Gasteiger partial charge on any atom is -0.492 e. The Kier molecular flexibility index (Phi) is 7.34. The number of benzene rings is 2. The van der Waals surface area contributed by atoms with Gasteiger partial charge in [-0.1, -0.05) is 18.5 Å². The lowest BCUT2D eigenvalue weighted by atomic mass is 10.3. The summed E-state index contributed by atoms with van der Waals surface area (Å²) in [7, 11) is -4.01. The number of rotatable bonds is 8. The van der Waals surface area contributed by atoms with Crippen LogP contribution in [0, 0.1) is 11.6 Å². The largest absolute Gasteiger partial charge is 0.492 e. The van der Waals surface area contributed by atoms with Crippen LogP contribution in [0.25, 0.3) is 0 Å². The molecule has 0 radical (unpaired) electrons. The van der Waals surface area contributed by atoms with Crippen LogP contribution in [0.4, 0.5) is 14.5 Å². The third-order valence-electron chi connectivity index (χ3n) is 3.72. The van der Waals surface area contributed by atoms with Crippen LogP contribution in [-0.4, -0.2) is 38.3 Å². The molecule has 0 aromatic heterocycles. The smallest absolute Gasteiger partial charge is 0.243 e. The number of anilines is 1. The van der Waals surface area contributed by atoms with Crippen LogP contribution in [0.15, 0.2) is 41.3 Å². The number of amides is 1. The van der Waals surface area contributed by atoms with Crippen molar-refractivity contribution in [2.75, 3.05) is 25.0 Å². The molecular weight excluding hydrogens is 414 g/mol. The molecule has 2 rings (SSSR count). The first kappa shape index (κ1) is 22.1.